The van der Waals surface area contributed by atoms with Crippen molar-refractivity contribution in [1.29, 1.82) is 0 Å². The summed E-state index contributed by atoms with van der Waals surface area (Å²) in [6.07, 6.45) is 1.97. The van der Waals surface area contributed by atoms with E-state index in [9.17, 15) is 4.79 Å². The number of nitrogens with one attached hydrogen (secondary N) is 1. The molecule has 1 saturated heterocycles. The molecule has 1 aliphatic carbocycles. The molecule has 2 aromatic carbocycles. The van der Waals surface area contributed by atoms with Crippen LogP contribution in [0.1, 0.15) is 34.7 Å². The van der Waals surface area contributed by atoms with Gasteiger partial charge < -0.3 is 19.7 Å². The summed E-state index contributed by atoms with van der Waals surface area (Å²) in [6.45, 7) is 4.87. The molecule has 1 N–H and O–H groups in total. The minimum absolute atomic E-state index is 0.00751. The standard InChI is InChI=1S/C23H28N2O3/c1-17-7-8-19-9-10-22(21(19)13-17)24-14-20-15-25(11-12-27-20)23(26)28-16-18-5-3-2-4-6-18/h2-8,13,20,22,24H,9-12,14-16H2,1H3. The summed E-state index contributed by atoms with van der Waals surface area (Å²) in [5, 5.41) is 3.65. The van der Waals surface area contributed by atoms with E-state index in [2.05, 4.69) is 30.4 Å². The molecule has 5 nitrogen and oxygen atoms in total. The number of ether oxygens (including phenoxy) is 2. The van der Waals surface area contributed by atoms with Crippen molar-refractivity contribution in [3.05, 3.63) is 70.8 Å². The molecule has 0 saturated carbocycles. The second kappa shape index (κ2) is 8.76. The van der Waals surface area contributed by atoms with E-state index in [1.165, 1.54) is 16.7 Å². The average molecular weight is 380 g/mol. The molecule has 0 bridgehead atoms. The molecule has 5 heteroatoms. The number of carbonyl (C=O) groups is 1. The van der Waals surface area contributed by atoms with Crippen LogP contribution in [0.4, 0.5) is 4.79 Å². The predicted octanol–water partition coefficient (Wildman–Crippen LogP) is 3.61. The average Bonchev–Trinajstić information content (AvgIpc) is 3.13. The molecule has 1 aliphatic heterocycles. The lowest BCUT2D eigenvalue weighted by Crippen LogP contribution is -2.49. The molecule has 2 aliphatic rings. The van der Waals surface area contributed by atoms with Crippen molar-refractivity contribution in [2.24, 2.45) is 0 Å². The van der Waals surface area contributed by atoms with Gasteiger partial charge in [-0.1, -0.05) is 54.1 Å². The first-order chi connectivity index (χ1) is 13.7. The topological polar surface area (TPSA) is 50.8 Å². The SMILES string of the molecule is Cc1ccc2c(c1)C(NCC1CN(C(=O)OCc3ccccc3)CCO1)CC2. The highest BCUT2D eigenvalue weighted by molar-refractivity contribution is 5.67. The Balaban J connectivity index is 1.26. The van der Waals surface area contributed by atoms with E-state index in [1.807, 2.05) is 30.3 Å². The molecule has 0 aromatic heterocycles. The molecule has 2 atom stereocenters. The van der Waals surface area contributed by atoms with Gasteiger partial charge in [0.1, 0.15) is 6.61 Å². The third-order valence-electron chi connectivity index (χ3n) is 5.57. The number of rotatable bonds is 5. The first-order valence-corrected chi connectivity index (χ1v) is 10.1. The zero-order valence-corrected chi connectivity index (χ0v) is 16.4. The van der Waals surface area contributed by atoms with Crippen LogP contribution >= 0.6 is 0 Å². The number of nitrogens with zero attached hydrogens (tertiary/aromatic N) is 1. The Morgan fingerprint density at radius 1 is 1.25 bits per heavy atom. The predicted molar refractivity (Wildman–Crippen MR) is 108 cm³/mol. The number of benzene rings is 2. The lowest BCUT2D eigenvalue weighted by atomic mass is 10.0. The van der Waals surface area contributed by atoms with Gasteiger partial charge in [-0.25, -0.2) is 4.79 Å². The molecule has 2 aromatic rings. The van der Waals surface area contributed by atoms with E-state index < -0.39 is 0 Å². The molecule has 28 heavy (non-hydrogen) atoms. The number of carbonyl (C=O) groups excluding carboxylic acids is 1. The molecule has 1 heterocycles. The van der Waals surface area contributed by atoms with Crippen molar-refractivity contribution >= 4 is 6.09 Å². The summed E-state index contributed by atoms with van der Waals surface area (Å²) < 4.78 is 11.3. The minimum Gasteiger partial charge on any atom is -0.445 e. The molecule has 1 amide bonds. The highest BCUT2D eigenvalue weighted by Crippen LogP contribution is 2.31. The molecule has 1 fully saturated rings. The summed E-state index contributed by atoms with van der Waals surface area (Å²) >= 11 is 0. The Morgan fingerprint density at radius 2 is 2.11 bits per heavy atom. The van der Waals surface area contributed by atoms with Crippen molar-refractivity contribution in [3.8, 4) is 0 Å². The van der Waals surface area contributed by atoms with Gasteiger partial charge in [-0.15, -0.1) is 0 Å². The van der Waals surface area contributed by atoms with Gasteiger partial charge in [0.2, 0.25) is 0 Å². The lowest BCUT2D eigenvalue weighted by Gasteiger charge is -2.33. The Bertz CT molecular complexity index is 809. The largest absolute Gasteiger partial charge is 0.445 e. The smallest absolute Gasteiger partial charge is 0.410 e. The van der Waals surface area contributed by atoms with Crippen LogP contribution in [-0.2, 0) is 22.5 Å². The van der Waals surface area contributed by atoms with E-state index in [0.29, 0.717) is 32.3 Å². The number of hydrogen-bond donors (Lipinski definition) is 1. The maximum absolute atomic E-state index is 12.4. The Kier molecular flexibility index (Phi) is 5.93. The van der Waals surface area contributed by atoms with Gasteiger partial charge in [-0.2, -0.15) is 0 Å². The second-order valence-electron chi connectivity index (χ2n) is 7.68. The molecule has 4 rings (SSSR count). The zero-order valence-electron chi connectivity index (χ0n) is 16.4. The lowest BCUT2D eigenvalue weighted by molar-refractivity contribution is -0.0280. The Labute approximate surface area is 166 Å². The minimum atomic E-state index is -0.265. The number of fused-ring (bicyclic) bond motifs is 1. The van der Waals surface area contributed by atoms with Gasteiger partial charge in [0, 0.05) is 19.1 Å². The van der Waals surface area contributed by atoms with Gasteiger partial charge in [-0.3, -0.25) is 0 Å². The van der Waals surface area contributed by atoms with Crippen molar-refractivity contribution in [2.75, 3.05) is 26.2 Å². The highest BCUT2D eigenvalue weighted by atomic mass is 16.6. The third kappa shape index (κ3) is 4.54. The zero-order chi connectivity index (χ0) is 19.3. The quantitative estimate of drug-likeness (QED) is 0.861. The molecule has 0 spiro atoms. The number of morpholine rings is 1. The monoisotopic (exact) mass is 380 g/mol. The van der Waals surface area contributed by atoms with E-state index in [1.54, 1.807) is 4.90 Å². The van der Waals surface area contributed by atoms with Gasteiger partial charge in [0.25, 0.3) is 0 Å². The van der Waals surface area contributed by atoms with Gasteiger partial charge in [0.15, 0.2) is 0 Å². The van der Waals surface area contributed by atoms with Gasteiger partial charge >= 0.3 is 6.09 Å². The van der Waals surface area contributed by atoms with E-state index in [4.69, 9.17) is 9.47 Å². The van der Waals surface area contributed by atoms with Crippen LogP contribution in [0.2, 0.25) is 0 Å². The van der Waals surface area contributed by atoms with Crippen LogP contribution in [0, 0.1) is 6.92 Å². The van der Waals surface area contributed by atoms with Gasteiger partial charge in [0.05, 0.1) is 19.3 Å². The maximum Gasteiger partial charge on any atom is 0.410 e. The van der Waals surface area contributed by atoms with E-state index in [0.717, 1.165) is 24.9 Å². The van der Waals surface area contributed by atoms with E-state index in [-0.39, 0.29) is 12.2 Å². The van der Waals surface area contributed by atoms with Crippen molar-refractivity contribution in [1.82, 2.24) is 10.2 Å². The van der Waals surface area contributed by atoms with Crippen LogP contribution in [0.5, 0.6) is 0 Å². The summed E-state index contributed by atoms with van der Waals surface area (Å²) in [4.78, 5) is 14.2. The van der Waals surface area contributed by atoms with E-state index >= 15 is 0 Å². The molecular weight excluding hydrogens is 352 g/mol. The summed E-state index contributed by atoms with van der Waals surface area (Å²) in [5.41, 5.74) is 5.15. The van der Waals surface area contributed by atoms with Crippen LogP contribution in [0.3, 0.4) is 0 Å². The van der Waals surface area contributed by atoms with Crippen LogP contribution < -0.4 is 5.32 Å². The molecule has 2 unspecified atom stereocenters. The summed E-state index contributed by atoms with van der Waals surface area (Å²) in [6, 6.07) is 16.9. The summed E-state index contributed by atoms with van der Waals surface area (Å²) in [5.74, 6) is 0. The van der Waals surface area contributed by atoms with Crippen molar-refractivity contribution < 1.29 is 14.3 Å². The maximum atomic E-state index is 12.4. The normalized spacial score (nSPS) is 21.4. The Hall–Kier alpha value is -2.37. The Morgan fingerprint density at radius 3 is 2.96 bits per heavy atom. The fraction of sp³-hybridized carbons (Fsp3) is 0.435. The molecule has 0 radical (unpaired) electrons. The van der Waals surface area contributed by atoms with Crippen molar-refractivity contribution in [2.45, 2.75) is 38.5 Å². The number of aryl methyl sites for hydroxylation is 2. The first-order valence-electron chi connectivity index (χ1n) is 10.1. The summed E-state index contributed by atoms with van der Waals surface area (Å²) in [7, 11) is 0. The van der Waals surface area contributed by atoms with Crippen molar-refractivity contribution in [3.63, 3.8) is 0 Å². The fourth-order valence-corrected chi connectivity index (χ4v) is 4.03. The van der Waals surface area contributed by atoms with Crippen LogP contribution in [0.15, 0.2) is 48.5 Å². The number of hydrogen-bond acceptors (Lipinski definition) is 4. The highest BCUT2D eigenvalue weighted by Gasteiger charge is 2.27. The first kappa shape index (κ1) is 19.0. The third-order valence-corrected chi connectivity index (χ3v) is 5.57. The van der Waals surface area contributed by atoms with Crippen LogP contribution in [0.25, 0.3) is 0 Å². The number of amides is 1. The molecule has 148 valence electrons. The molecular formula is C23H28N2O3. The fourth-order valence-electron chi connectivity index (χ4n) is 4.03. The van der Waals surface area contributed by atoms with Gasteiger partial charge in [-0.05, 0) is 36.5 Å². The second-order valence-corrected chi connectivity index (χ2v) is 7.68. The van der Waals surface area contributed by atoms with Crippen LogP contribution in [-0.4, -0.2) is 43.3 Å².